The molecule has 0 spiro atoms. The summed E-state index contributed by atoms with van der Waals surface area (Å²) in [7, 11) is 0. The maximum absolute atomic E-state index is 12.7. The van der Waals surface area contributed by atoms with Crippen molar-refractivity contribution in [1.82, 2.24) is 14.7 Å². The highest BCUT2D eigenvalue weighted by molar-refractivity contribution is 5.81. The summed E-state index contributed by atoms with van der Waals surface area (Å²) < 4.78 is 44.3. The van der Waals surface area contributed by atoms with Gasteiger partial charge in [0.25, 0.3) is 0 Å². The van der Waals surface area contributed by atoms with Crippen molar-refractivity contribution >= 4 is 11.9 Å². The Balaban J connectivity index is 2.13. The SMILES string of the molecule is CCOC(=O)CN(Cc1ccc(C(F)(F)F)cc1)C(=O)Cn1cc(C)cn1. The average molecular weight is 383 g/mol. The van der Waals surface area contributed by atoms with Crippen LogP contribution in [0.3, 0.4) is 0 Å². The van der Waals surface area contributed by atoms with Crippen LogP contribution in [0.15, 0.2) is 36.7 Å². The van der Waals surface area contributed by atoms with Crippen LogP contribution in [0, 0.1) is 6.92 Å². The maximum atomic E-state index is 12.7. The first-order valence-electron chi connectivity index (χ1n) is 8.27. The van der Waals surface area contributed by atoms with Crippen LogP contribution in [-0.2, 0) is 33.6 Å². The fourth-order valence-electron chi connectivity index (χ4n) is 2.41. The van der Waals surface area contributed by atoms with Gasteiger partial charge in [0, 0.05) is 12.7 Å². The zero-order chi connectivity index (χ0) is 20.0. The van der Waals surface area contributed by atoms with Crippen LogP contribution in [0.2, 0.25) is 0 Å². The van der Waals surface area contributed by atoms with Crippen LogP contribution < -0.4 is 0 Å². The molecule has 0 radical (unpaired) electrons. The Bertz CT molecular complexity index is 785. The number of carbonyl (C=O) groups is 2. The molecule has 0 atom stereocenters. The van der Waals surface area contributed by atoms with Crippen LogP contribution in [-0.4, -0.2) is 39.7 Å². The summed E-state index contributed by atoms with van der Waals surface area (Å²) in [6.07, 6.45) is -1.16. The normalized spacial score (nSPS) is 11.3. The van der Waals surface area contributed by atoms with E-state index in [-0.39, 0.29) is 26.2 Å². The molecule has 0 bridgehead atoms. The van der Waals surface area contributed by atoms with Gasteiger partial charge in [-0.15, -0.1) is 0 Å². The number of hydrogen-bond donors (Lipinski definition) is 0. The number of halogens is 3. The molecule has 0 saturated carbocycles. The highest BCUT2D eigenvalue weighted by Crippen LogP contribution is 2.29. The number of alkyl halides is 3. The van der Waals surface area contributed by atoms with Crippen molar-refractivity contribution in [3.05, 3.63) is 53.3 Å². The summed E-state index contributed by atoms with van der Waals surface area (Å²) in [5.74, 6) is -0.986. The number of esters is 1. The smallest absolute Gasteiger partial charge is 0.416 e. The zero-order valence-electron chi connectivity index (χ0n) is 15.0. The molecule has 2 rings (SSSR count). The first-order chi connectivity index (χ1) is 12.7. The molecule has 2 aromatic rings. The Labute approximate surface area is 154 Å². The highest BCUT2D eigenvalue weighted by Gasteiger charge is 2.30. The van der Waals surface area contributed by atoms with E-state index in [0.29, 0.717) is 5.56 Å². The van der Waals surface area contributed by atoms with Gasteiger partial charge in [0.1, 0.15) is 13.1 Å². The van der Waals surface area contributed by atoms with Crippen LogP contribution in [0.4, 0.5) is 13.2 Å². The minimum Gasteiger partial charge on any atom is -0.465 e. The molecule has 0 aliphatic rings. The largest absolute Gasteiger partial charge is 0.465 e. The molecule has 0 aliphatic carbocycles. The van der Waals surface area contributed by atoms with Gasteiger partial charge < -0.3 is 9.64 Å². The van der Waals surface area contributed by atoms with E-state index in [2.05, 4.69) is 5.10 Å². The van der Waals surface area contributed by atoms with Gasteiger partial charge in [-0.3, -0.25) is 14.3 Å². The van der Waals surface area contributed by atoms with Gasteiger partial charge in [0.05, 0.1) is 18.4 Å². The molecule has 1 aromatic carbocycles. The summed E-state index contributed by atoms with van der Waals surface area (Å²) in [5.41, 5.74) is 0.571. The Morgan fingerprint density at radius 2 is 1.89 bits per heavy atom. The van der Waals surface area contributed by atoms with E-state index >= 15 is 0 Å². The van der Waals surface area contributed by atoms with Crippen molar-refractivity contribution in [2.75, 3.05) is 13.2 Å². The fourth-order valence-corrected chi connectivity index (χ4v) is 2.41. The van der Waals surface area contributed by atoms with E-state index in [1.54, 1.807) is 19.3 Å². The Kier molecular flexibility index (Phi) is 6.59. The van der Waals surface area contributed by atoms with E-state index in [1.165, 1.54) is 21.7 Å². The molecule has 0 fully saturated rings. The number of nitrogens with zero attached hydrogens (tertiary/aromatic N) is 3. The van der Waals surface area contributed by atoms with Gasteiger partial charge in [0.2, 0.25) is 5.91 Å². The number of rotatable bonds is 7. The molecule has 0 aliphatic heterocycles. The Morgan fingerprint density at radius 1 is 1.22 bits per heavy atom. The van der Waals surface area contributed by atoms with Crippen LogP contribution in [0.25, 0.3) is 0 Å². The molecular weight excluding hydrogens is 363 g/mol. The lowest BCUT2D eigenvalue weighted by molar-refractivity contribution is -0.149. The maximum Gasteiger partial charge on any atom is 0.416 e. The van der Waals surface area contributed by atoms with Crippen LogP contribution in [0.1, 0.15) is 23.6 Å². The standard InChI is InChI=1S/C18H20F3N3O3/c1-3-27-17(26)12-23(16(25)11-24-9-13(2)8-22-24)10-14-4-6-15(7-5-14)18(19,20)21/h4-9H,3,10-12H2,1-2H3. The van der Waals surface area contributed by atoms with Crippen molar-refractivity contribution in [2.24, 2.45) is 0 Å². The predicted molar refractivity (Wildman–Crippen MR) is 90.5 cm³/mol. The van der Waals surface area contributed by atoms with Crippen molar-refractivity contribution in [2.45, 2.75) is 33.1 Å². The van der Waals surface area contributed by atoms with Gasteiger partial charge >= 0.3 is 12.1 Å². The number of aryl methyl sites for hydroxylation is 1. The quantitative estimate of drug-likeness (QED) is 0.690. The van der Waals surface area contributed by atoms with E-state index < -0.39 is 23.6 Å². The van der Waals surface area contributed by atoms with E-state index in [0.717, 1.165) is 17.7 Å². The molecule has 1 aromatic heterocycles. The van der Waals surface area contributed by atoms with Gasteiger partial charge in [-0.05, 0) is 37.1 Å². The van der Waals surface area contributed by atoms with E-state index in [1.807, 2.05) is 6.92 Å². The van der Waals surface area contributed by atoms with E-state index in [4.69, 9.17) is 4.74 Å². The number of aromatic nitrogens is 2. The first-order valence-corrected chi connectivity index (χ1v) is 8.27. The minimum atomic E-state index is -4.43. The average Bonchev–Trinajstić information content (AvgIpc) is 2.99. The third kappa shape index (κ3) is 6.12. The molecule has 1 amide bonds. The summed E-state index contributed by atoms with van der Waals surface area (Å²) >= 11 is 0. The summed E-state index contributed by atoms with van der Waals surface area (Å²) in [5, 5.41) is 4.03. The molecule has 0 N–H and O–H groups in total. The molecule has 146 valence electrons. The van der Waals surface area contributed by atoms with Gasteiger partial charge in [0.15, 0.2) is 0 Å². The third-order valence-corrected chi connectivity index (χ3v) is 3.69. The second kappa shape index (κ2) is 8.70. The summed E-state index contributed by atoms with van der Waals surface area (Å²) in [6.45, 7) is 3.23. The van der Waals surface area contributed by atoms with Crippen molar-refractivity contribution in [1.29, 1.82) is 0 Å². The number of carbonyl (C=O) groups excluding carboxylic acids is 2. The van der Waals surface area contributed by atoms with E-state index in [9.17, 15) is 22.8 Å². The second-order valence-corrected chi connectivity index (χ2v) is 5.96. The summed E-state index contributed by atoms with van der Waals surface area (Å²) in [4.78, 5) is 25.6. The molecule has 6 nitrogen and oxygen atoms in total. The second-order valence-electron chi connectivity index (χ2n) is 5.96. The fraction of sp³-hybridized carbons (Fsp3) is 0.389. The lowest BCUT2D eigenvalue weighted by Crippen LogP contribution is -2.38. The van der Waals surface area contributed by atoms with Crippen LogP contribution in [0.5, 0.6) is 0 Å². The Morgan fingerprint density at radius 3 is 2.41 bits per heavy atom. The first kappa shape index (κ1) is 20.5. The molecule has 0 saturated heterocycles. The molecule has 1 heterocycles. The molecule has 0 unspecified atom stereocenters. The number of hydrogen-bond acceptors (Lipinski definition) is 4. The number of ether oxygens (including phenoxy) is 1. The monoisotopic (exact) mass is 383 g/mol. The summed E-state index contributed by atoms with van der Waals surface area (Å²) in [6, 6.07) is 4.46. The van der Waals surface area contributed by atoms with Crippen molar-refractivity contribution in [3.63, 3.8) is 0 Å². The topological polar surface area (TPSA) is 64.4 Å². The minimum absolute atomic E-state index is 0.0178. The van der Waals surface area contributed by atoms with Crippen molar-refractivity contribution in [3.8, 4) is 0 Å². The van der Waals surface area contributed by atoms with Gasteiger partial charge in [-0.25, -0.2) is 0 Å². The lowest BCUT2D eigenvalue weighted by atomic mass is 10.1. The van der Waals surface area contributed by atoms with Crippen LogP contribution >= 0.6 is 0 Å². The zero-order valence-corrected chi connectivity index (χ0v) is 15.0. The molecule has 9 heteroatoms. The highest BCUT2D eigenvalue weighted by atomic mass is 19.4. The third-order valence-electron chi connectivity index (χ3n) is 3.69. The predicted octanol–water partition coefficient (Wildman–Crippen LogP) is 2.80. The van der Waals surface area contributed by atoms with Gasteiger partial charge in [-0.2, -0.15) is 18.3 Å². The number of amides is 1. The van der Waals surface area contributed by atoms with Gasteiger partial charge in [-0.1, -0.05) is 12.1 Å². The molecule has 27 heavy (non-hydrogen) atoms. The van der Waals surface area contributed by atoms with Crippen molar-refractivity contribution < 1.29 is 27.5 Å². The lowest BCUT2D eigenvalue weighted by Gasteiger charge is -2.22. The molecular formula is C18H20F3N3O3. The Hall–Kier alpha value is -2.84. The number of benzene rings is 1.